The Morgan fingerprint density at radius 1 is 1.04 bits per heavy atom. The van der Waals surface area contributed by atoms with Gasteiger partial charge in [0.15, 0.2) is 6.61 Å². The van der Waals surface area contributed by atoms with E-state index >= 15 is 0 Å². The highest BCUT2D eigenvalue weighted by Crippen LogP contribution is 2.24. The largest absolute Gasteiger partial charge is 0.455 e. The first-order chi connectivity index (χ1) is 13.0. The van der Waals surface area contributed by atoms with E-state index in [1.165, 1.54) is 18.7 Å². The molecule has 142 valence electrons. The first-order valence-corrected chi connectivity index (χ1v) is 9.62. The van der Waals surface area contributed by atoms with Crippen LogP contribution < -0.4 is 10.6 Å². The van der Waals surface area contributed by atoms with E-state index in [0.29, 0.717) is 5.69 Å². The second-order valence-electron chi connectivity index (χ2n) is 5.78. The summed E-state index contributed by atoms with van der Waals surface area (Å²) in [5.41, 5.74) is 1.47. The van der Waals surface area contributed by atoms with Gasteiger partial charge in [0.2, 0.25) is 5.91 Å². The van der Waals surface area contributed by atoms with E-state index in [1.807, 2.05) is 54.8 Å². The quantitative estimate of drug-likeness (QED) is 0.538. The van der Waals surface area contributed by atoms with E-state index in [2.05, 4.69) is 10.6 Å². The third kappa shape index (κ3) is 6.79. The van der Waals surface area contributed by atoms with Gasteiger partial charge in [-0.1, -0.05) is 42.5 Å². The van der Waals surface area contributed by atoms with Crippen molar-refractivity contribution in [3.8, 4) is 0 Å². The van der Waals surface area contributed by atoms with Crippen molar-refractivity contribution >= 4 is 35.2 Å². The number of carbonyl (C=O) groups excluding carboxylic acids is 3. The van der Waals surface area contributed by atoms with Crippen molar-refractivity contribution in [2.75, 3.05) is 18.2 Å². The van der Waals surface area contributed by atoms with Crippen molar-refractivity contribution in [2.24, 2.45) is 0 Å². The first-order valence-electron chi connectivity index (χ1n) is 8.40. The number of hydrogen-bond donors (Lipinski definition) is 2. The summed E-state index contributed by atoms with van der Waals surface area (Å²) < 4.78 is 5.07. The number of benzene rings is 2. The Morgan fingerprint density at radius 2 is 1.70 bits per heavy atom. The van der Waals surface area contributed by atoms with Crippen LogP contribution in [-0.2, 0) is 19.1 Å². The molecular weight excluding hydrogens is 364 g/mol. The summed E-state index contributed by atoms with van der Waals surface area (Å²) in [6.07, 6.45) is 1.86. The molecule has 7 heteroatoms. The predicted molar refractivity (Wildman–Crippen MR) is 105 cm³/mol. The van der Waals surface area contributed by atoms with Crippen LogP contribution in [0.3, 0.4) is 0 Å². The van der Waals surface area contributed by atoms with E-state index in [-0.39, 0.29) is 18.9 Å². The summed E-state index contributed by atoms with van der Waals surface area (Å²) >= 11 is 1.51. The van der Waals surface area contributed by atoms with Crippen LogP contribution in [0.15, 0.2) is 59.5 Å². The van der Waals surface area contributed by atoms with E-state index < -0.39 is 17.9 Å². The molecule has 2 aromatic rings. The maximum Gasteiger partial charge on any atom is 0.308 e. The first kappa shape index (κ1) is 20.5. The van der Waals surface area contributed by atoms with E-state index in [1.54, 1.807) is 6.07 Å². The minimum absolute atomic E-state index is 0.0573. The third-order valence-electron chi connectivity index (χ3n) is 3.70. The lowest BCUT2D eigenvalue weighted by Gasteiger charge is -2.17. The molecule has 0 heterocycles. The molecule has 27 heavy (non-hydrogen) atoms. The Morgan fingerprint density at radius 3 is 2.37 bits per heavy atom. The number of para-hydroxylation sites is 1. The van der Waals surface area contributed by atoms with Crippen LogP contribution >= 0.6 is 11.8 Å². The summed E-state index contributed by atoms with van der Waals surface area (Å²) in [5, 5.41) is 5.45. The molecule has 2 rings (SSSR count). The molecule has 1 atom stereocenters. The number of anilines is 1. The smallest absolute Gasteiger partial charge is 0.308 e. The molecule has 0 aliphatic rings. The number of nitrogens with one attached hydrogen (secondary N) is 2. The second kappa shape index (κ2) is 10.4. The molecule has 6 nitrogen and oxygen atoms in total. The number of hydrogen-bond acceptors (Lipinski definition) is 5. The van der Waals surface area contributed by atoms with Gasteiger partial charge >= 0.3 is 5.97 Å². The second-order valence-corrected chi connectivity index (χ2v) is 6.63. The van der Waals surface area contributed by atoms with Crippen LogP contribution in [0.5, 0.6) is 0 Å². The number of amides is 2. The Kier molecular flexibility index (Phi) is 7.88. The molecule has 0 spiro atoms. The molecule has 0 aliphatic heterocycles. The maximum absolute atomic E-state index is 12.1. The number of rotatable bonds is 8. The molecule has 0 unspecified atom stereocenters. The topological polar surface area (TPSA) is 84.5 Å². The van der Waals surface area contributed by atoms with Crippen LogP contribution in [0.1, 0.15) is 24.9 Å². The number of esters is 1. The van der Waals surface area contributed by atoms with Gasteiger partial charge in [-0.15, -0.1) is 11.8 Å². The van der Waals surface area contributed by atoms with Crippen LogP contribution in [-0.4, -0.2) is 30.6 Å². The minimum atomic E-state index is -0.564. The lowest BCUT2D eigenvalue weighted by Crippen LogP contribution is -2.29. The van der Waals surface area contributed by atoms with Crippen molar-refractivity contribution in [1.29, 1.82) is 0 Å². The highest BCUT2D eigenvalue weighted by atomic mass is 32.2. The van der Waals surface area contributed by atoms with Gasteiger partial charge in [0, 0.05) is 11.8 Å². The Balaban J connectivity index is 1.90. The fourth-order valence-electron chi connectivity index (χ4n) is 2.49. The van der Waals surface area contributed by atoms with Crippen molar-refractivity contribution in [3.63, 3.8) is 0 Å². The molecular formula is C20H22N2O4S. The third-order valence-corrected chi connectivity index (χ3v) is 4.49. The normalized spacial score (nSPS) is 11.3. The van der Waals surface area contributed by atoms with Gasteiger partial charge in [0.25, 0.3) is 5.91 Å². The minimum Gasteiger partial charge on any atom is -0.455 e. The van der Waals surface area contributed by atoms with Crippen LogP contribution in [0.4, 0.5) is 5.69 Å². The summed E-state index contributed by atoms with van der Waals surface area (Å²) in [4.78, 5) is 36.5. The fourth-order valence-corrected chi connectivity index (χ4v) is 3.04. The average molecular weight is 386 g/mol. The Labute approximate surface area is 162 Å². The molecule has 0 aliphatic carbocycles. The molecule has 2 aromatic carbocycles. The molecule has 2 N–H and O–H groups in total. The predicted octanol–water partition coefficient (Wildman–Crippen LogP) is 3.16. The van der Waals surface area contributed by atoms with Gasteiger partial charge in [-0.05, 0) is 24.0 Å². The van der Waals surface area contributed by atoms with Crippen molar-refractivity contribution in [2.45, 2.75) is 24.3 Å². The Bertz CT molecular complexity index is 796. The van der Waals surface area contributed by atoms with Crippen molar-refractivity contribution in [3.05, 3.63) is 60.2 Å². The molecule has 0 saturated carbocycles. The standard InChI is InChI=1S/C20H22N2O4S/c1-14(23)21-17(15-8-4-3-5-9-15)12-20(25)26-13-19(24)22-16-10-6-7-11-18(16)27-2/h3-11,17H,12-13H2,1-2H3,(H,21,23)(H,22,24)/t17-/m0/s1. The summed E-state index contributed by atoms with van der Waals surface area (Å²) in [6, 6.07) is 16.0. The van der Waals surface area contributed by atoms with Crippen molar-refractivity contribution < 1.29 is 19.1 Å². The van der Waals surface area contributed by atoms with E-state index in [4.69, 9.17) is 4.74 Å². The average Bonchev–Trinajstić information content (AvgIpc) is 2.66. The highest BCUT2D eigenvalue weighted by molar-refractivity contribution is 7.98. The zero-order chi connectivity index (χ0) is 19.6. The van der Waals surface area contributed by atoms with E-state index in [9.17, 15) is 14.4 Å². The summed E-state index contributed by atoms with van der Waals surface area (Å²) in [7, 11) is 0. The molecule has 0 bridgehead atoms. The monoisotopic (exact) mass is 386 g/mol. The van der Waals surface area contributed by atoms with Gasteiger partial charge in [-0.25, -0.2) is 0 Å². The van der Waals surface area contributed by atoms with Gasteiger partial charge in [-0.3, -0.25) is 14.4 Å². The SMILES string of the molecule is CSc1ccccc1NC(=O)COC(=O)C[C@H](NC(C)=O)c1ccccc1. The molecule has 0 saturated heterocycles. The van der Waals surface area contributed by atoms with Gasteiger partial charge < -0.3 is 15.4 Å². The zero-order valence-corrected chi connectivity index (χ0v) is 16.0. The summed E-state index contributed by atoms with van der Waals surface area (Å²) in [6.45, 7) is 1.00. The van der Waals surface area contributed by atoms with Crippen molar-refractivity contribution in [1.82, 2.24) is 5.32 Å². The molecule has 2 amide bonds. The van der Waals surface area contributed by atoms with Crippen LogP contribution in [0.25, 0.3) is 0 Å². The molecule has 0 fully saturated rings. The van der Waals surface area contributed by atoms with Gasteiger partial charge in [-0.2, -0.15) is 0 Å². The van der Waals surface area contributed by atoms with Crippen LogP contribution in [0, 0.1) is 0 Å². The fraction of sp³-hybridized carbons (Fsp3) is 0.250. The van der Waals surface area contributed by atoms with Gasteiger partial charge in [0.05, 0.1) is 18.2 Å². The highest BCUT2D eigenvalue weighted by Gasteiger charge is 2.19. The lowest BCUT2D eigenvalue weighted by molar-refractivity contribution is -0.148. The zero-order valence-electron chi connectivity index (χ0n) is 15.2. The van der Waals surface area contributed by atoms with Crippen LogP contribution in [0.2, 0.25) is 0 Å². The maximum atomic E-state index is 12.1. The lowest BCUT2D eigenvalue weighted by atomic mass is 10.0. The molecule has 0 radical (unpaired) electrons. The van der Waals surface area contributed by atoms with E-state index in [0.717, 1.165) is 10.5 Å². The summed E-state index contributed by atoms with van der Waals surface area (Å²) in [5.74, 6) is -1.23. The molecule has 0 aromatic heterocycles. The number of thioether (sulfide) groups is 1. The Hall–Kier alpha value is -2.80. The van der Waals surface area contributed by atoms with Gasteiger partial charge in [0.1, 0.15) is 0 Å². The number of ether oxygens (including phenoxy) is 1. The number of carbonyl (C=O) groups is 3.